The van der Waals surface area contributed by atoms with Crippen molar-refractivity contribution in [2.24, 2.45) is 9.98 Å². The first-order valence-corrected chi connectivity index (χ1v) is 30.2. The van der Waals surface area contributed by atoms with E-state index in [-0.39, 0.29) is 62.6 Å². The summed E-state index contributed by atoms with van der Waals surface area (Å²) in [4.78, 5) is 10.5. The number of unbranched alkanes of at least 4 members (excludes halogenated alkanes) is 4. The minimum Gasteiger partial charge on any atom is -0.507 e. The van der Waals surface area contributed by atoms with Crippen LogP contribution < -0.4 is 10.4 Å². The molecule has 0 aromatic heterocycles. The summed E-state index contributed by atoms with van der Waals surface area (Å²) < 4.78 is 1.30. The molecule has 1 saturated carbocycles. The molecule has 2 unspecified atom stereocenters. The van der Waals surface area contributed by atoms with E-state index in [9.17, 15) is 10.2 Å². The molecule has 3 rings (SSSR count). The predicted molar refractivity (Wildman–Crippen MR) is 282 cm³/mol. The number of phenols is 2. The number of benzene rings is 2. The van der Waals surface area contributed by atoms with Gasteiger partial charge in [-0.05, 0) is 66.5 Å². The van der Waals surface area contributed by atoms with Crippen molar-refractivity contribution in [1.29, 1.82) is 0 Å². The molecule has 2 N–H and O–H groups in total. The molecular formula is C54H100CrN3O2Si2-. The van der Waals surface area contributed by atoms with Crippen molar-refractivity contribution in [2.75, 3.05) is 26.2 Å². The first-order chi connectivity index (χ1) is 27.1. The molecule has 0 saturated heterocycles. The zero-order valence-electron chi connectivity index (χ0n) is 42.7. The summed E-state index contributed by atoms with van der Waals surface area (Å²) in [7, 11) is -3.54. The van der Waals surface area contributed by atoms with Crippen molar-refractivity contribution in [3.05, 3.63) is 61.4 Å². The van der Waals surface area contributed by atoms with Crippen LogP contribution >= 0.6 is 0 Å². The average Bonchev–Trinajstić information content (AvgIpc) is 3.15. The van der Waals surface area contributed by atoms with Gasteiger partial charge in [-0.25, -0.2) is 0 Å². The first-order valence-electron chi connectivity index (χ1n) is 23.8. The molecule has 0 spiro atoms. The molecule has 2 atom stereocenters. The molecule has 358 valence electrons. The van der Waals surface area contributed by atoms with Gasteiger partial charge in [0.25, 0.3) is 0 Å². The third-order valence-corrected chi connectivity index (χ3v) is 20.4. The monoisotopic (exact) mass is 931 g/mol. The number of hydrogen-bond acceptors (Lipinski definition) is 4. The Hall–Kier alpha value is -1.69. The van der Waals surface area contributed by atoms with E-state index in [0.717, 1.165) is 47.9 Å². The second-order valence-electron chi connectivity index (χ2n) is 21.7. The van der Waals surface area contributed by atoms with E-state index in [1.807, 2.05) is 12.4 Å². The van der Waals surface area contributed by atoms with E-state index >= 15 is 0 Å². The summed E-state index contributed by atoms with van der Waals surface area (Å²) in [5.41, 5.74) is 3.39. The first kappa shape index (κ1) is 62.4. The van der Waals surface area contributed by atoms with Crippen LogP contribution in [0.4, 0.5) is 0 Å². The Kier molecular flexibility index (Phi) is 27.9. The zero-order valence-corrected chi connectivity index (χ0v) is 46.0. The SMILES string of the molecule is C.CCCC[N+](CCCC)(CCCC)CCC[Si](C)(C)c1cc(C=NC2CCCCC2N=Cc2cc([Si](C)(C)CCCC)cc(C(C)(C)C)c2O)c(O)c(C(C)(C)C)c1.[CH3-].[CH3-].[Cr]. The van der Waals surface area contributed by atoms with Crippen LogP contribution in [0.1, 0.15) is 182 Å². The molecule has 2 aromatic rings. The van der Waals surface area contributed by atoms with Gasteiger partial charge in [0.2, 0.25) is 0 Å². The fraction of sp³-hybridized carbons (Fsp3) is 0.704. The topological polar surface area (TPSA) is 65.2 Å². The van der Waals surface area contributed by atoms with E-state index in [1.54, 1.807) is 0 Å². The number of hydrogen-bond donors (Lipinski definition) is 2. The van der Waals surface area contributed by atoms with Gasteiger partial charge in [0.1, 0.15) is 11.5 Å². The van der Waals surface area contributed by atoms with Gasteiger partial charge < -0.3 is 29.5 Å². The number of rotatable bonds is 22. The van der Waals surface area contributed by atoms with Crippen molar-refractivity contribution in [2.45, 2.75) is 221 Å². The minimum atomic E-state index is -1.85. The van der Waals surface area contributed by atoms with Gasteiger partial charge in [-0.3, -0.25) is 9.98 Å². The molecular weight excluding hydrogens is 831 g/mol. The van der Waals surface area contributed by atoms with Crippen molar-refractivity contribution in [3.63, 3.8) is 0 Å². The maximum Gasteiger partial charge on any atom is 0.128 e. The Morgan fingerprint density at radius 3 is 1.23 bits per heavy atom. The minimum absolute atomic E-state index is 0. The molecule has 0 bridgehead atoms. The van der Waals surface area contributed by atoms with Crippen LogP contribution in [0.25, 0.3) is 0 Å². The fourth-order valence-corrected chi connectivity index (χ4v) is 14.2. The Morgan fingerprint density at radius 2 is 0.903 bits per heavy atom. The largest absolute Gasteiger partial charge is 0.507 e. The predicted octanol–water partition coefficient (Wildman–Crippen LogP) is 14.3. The van der Waals surface area contributed by atoms with Crippen LogP contribution in [0.3, 0.4) is 0 Å². The number of aliphatic imine (C=N–C) groups is 2. The third-order valence-electron chi connectivity index (χ3n) is 13.5. The van der Waals surface area contributed by atoms with E-state index < -0.39 is 16.1 Å². The van der Waals surface area contributed by atoms with E-state index in [2.05, 4.69) is 120 Å². The number of aromatic hydroxyl groups is 2. The molecule has 1 fully saturated rings. The summed E-state index contributed by atoms with van der Waals surface area (Å²) >= 11 is 0. The van der Waals surface area contributed by atoms with Gasteiger partial charge in [-0.15, -0.1) is 0 Å². The number of nitrogens with zero attached hydrogens (tertiary/aromatic N) is 3. The van der Waals surface area contributed by atoms with Gasteiger partial charge in [0, 0.05) is 40.9 Å². The van der Waals surface area contributed by atoms with Gasteiger partial charge in [0.15, 0.2) is 0 Å². The number of phenolic OH excluding ortho intramolecular Hbond substituents is 2. The van der Waals surface area contributed by atoms with Crippen LogP contribution in [-0.2, 0) is 28.2 Å². The summed E-state index contributed by atoms with van der Waals surface area (Å²) in [6, 6.07) is 11.7. The van der Waals surface area contributed by atoms with Crippen molar-refractivity contribution in [1.82, 2.24) is 0 Å². The van der Waals surface area contributed by atoms with E-state index in [0.29, 0.717) is 11.5 Å². The van der Waals surface area contributed by atoms with Gasteiger partial charge in [-0.2, -0.15) is 0 Å². The summed E-state index contributed by atoms with van der Waals surface area (Å²) in [5.74, 6) is 0.744. The average molecular weight is 932 g/mol. The van der Waals surface area contributed by atoms with Crippen LogP contribution in [0.5, 0.6) is 11.5 Å². The van der Waals surface area contributed by atoms with Gasteiger partial charge in [0.05, 0.1) is 54.4 Å². The van der Waals surface area contributed by atoms with Gasteiger partial charge in [-0.1, -0.05) is 188 Å². The van der Waals surface area contributed by atoms with Gasteiger partial charge >= 0.3 is 0 Å². The molecule has 0 amide bonds. The normalized spacial score (nSPS) is 16.4. The fourth-order valence-electron chi connectivity index (χ4n) is 9.14. The molecule has 1 aliphatic carbocycles. The molecule has 0 heterocycles. The van der Waals surface area contributed by atoms with Crippen LogP contribution in [0.2, 0.25) is 38.3 Å². The number of quaternary nitrogens is 1. The summed E-state index contributed by atoms with van der Waals surface area (Å²) in [6.07, 6.45) is 19.7. The van der Waals surface area contributed by atoms with Crippen molar-refractivity contribution >= 4 is 39.0 Å². The second kappa shape index (κ2) is 27.7. The third kappa shape index (κ3) is 17.9. The van der Waals surface area contributed by atoms with E-state index in [1.165, 1.54) is 111 Å². The molecule has 0 aliphatic heterocycles. The molecule has 0 radical (unpaired) electrons. The quantitative estimate of drug-likeness (QED) is 0.0535. The molecule has 1 aliphatic rings. The van der Waals surface area contributed by atoms with Crippen LogP contribution in [0, 0.1) is 14.9 Å². The molecule has 2 aromatic carbocycles. The maximum atomic E-state index is 11.8. The molecule has 62 heavy (non-hydrogen) atoms. The van der Waals surface area contributed by atoms with Crippen molar-refractivity contribution in [3.8, 4) is 11.5 Å². The molecule has 8 heteroatoms. The Morgan fingerprint density at radius 1 is 0.581 bits per heavy atom. The zero-order chi connectivity index (χ0) is 43.4. The van der Waals surface area contributed by atoms with Crippen molar-refractivity contribution < 1.29 is 32.1 Å². The van der Waals surface area contributed by atoms with Crippen LogP contribution in [0.15, 0.2) is 34.3 Å². The summed E-state index contributed by atoms with van der Waals surface area (Å²) in [6.45, 7) is 37.8. The maximum absolute atomic E-state index is 11.8. The Bertz CT molecular complexity index is 1620. The molecule has 5 nitrogen and oxygen atoms in total. The standard InChI is InChI=1S/C51H89N3O2Si2.CH4.2CH3.Cr/c1-15-19-28-54(29-20-16-2,30-21-17-3)31-25-33-58(13,14)43-35-41(49(56)45(37-43)51(8,9)10)39-53-47-27-24-23-26-46(47)52-38-40-34-42(57(11,12)32-22-18-4)36-44(48(40)55)50(5,6)7;;;;/h34-39,46-47H,15-33H2,1-14H3,(H-,52,53,55,56);1H4;2*1H3;/q;;2*-1;/p+1. The smallest absolute Gasteiger partial charge is 0.128 e. The Balaban J connectivity index is 0. The summed E-state index contributed by atoms with van der Waals surface area (Å²) in [5, 5.41) is 26.3. The second-order valence-corrected chi connectivity index (χ2v) is 31.4. The Labute approximate surface area is 399 Å². The van der Waals surface area contributed by atoms with Crippen LogP contribution in [-0.4, -0.2) is 81.5 Å². The van der Waals surface area contributed by atoms with E-state index in [4.69, 9.17) is 9.98 Å².